The van der Waals surface area contributed by atoms with E-state index in [0.717, 1.165) is 48.1 Å². The van der Waals surface area contributed by atoms with Crippen molar-refractivity contribution in [2.75, 3.05) is 18.8 Å². The molecule has 2 aromatic heterocycles. The Kier molecular flexibility index (Phi) is 4.94. The van der Waals surface area contributed by atoms with Gasteiger partial charge in [-0.2, -0.15) is 0 Å². The van der Waals surface area contributed by atoms with Crippen LogP contribution in [0, 0.1) is 5.92 Å². The lowest BCUT2D eigenvalue weighted by atomic mass is 9.88. The molecule has 0 unspecified atom stereocenters. The van der Waals surface area contributed by atoms with E-state index in [0.29, 0.717) is 29.8 Å². The maximum atomic E-state index is 12.8. The largest absolute Gasteiger partial charge is 0.382 e. The zero-order valence-corrected chi connectivity index (χ0v) is 17.0. The molecular formula is C23H30N6O. The molecule has 0 bridgehead atoms. The van der Waals surface area contributed by atoms with Crippen molar-refractivity contribution in [1.29, 1.82) is 0 Å². The molecule has 1 amide bonds. The van der Waals surface area contributed by atoms with Crippen LogP contribution >= 0.6 is 0 Å². The van der Waals surface area contributed by atoms with E-state index >= 15 is 0 Å². The number of nitrogen functional groups attached to an aromatic ring is 1. The van der Waals surface area contributed by atoms with Crippen molar-refractivity contribution in [3.05, 3.63) is 42.2 Å². The van der Waals surface area contributed by atoms with Crippen LogP contribution in [0.4, 0.5) is 5.82 Å². The summed E-state index contributed by atoms with van der Waals surface area (Å²) >= 11 is 0. The van der Waals surface area contributed by atoms with E-state index in [-0.39, 0.29) is 8.77 Å². The number of benzene rings is 1. The van der Waals surface area contributed by atoms with Crippen molar-refractivity contribution in [1.82, 2.24) is 24.8 Å². The number of nitrogens with two attached hydrogens (primary N) is 1. The maximum Gasteiger partial charge on any atom is 0.225 e. The fourth-order valence-corrected chi connectivity index (χ4v) is 4.50. The molecule has 5 rings (SSSR count). The van der Waals surface area contributed by atoms with Gasteiger partial charge in [0, 0.05) is 21.9 Å². The van der Waals surface area contributed by atoms with Crippen molar-refractivity contribution < 1.29 is 7.65 Å². The van der Waals surface area contributed by atoms with Crippen LogP contribution in [0.25, 0.3) is 28.1 Å². The second-order valence-corrected chi connectivity index (χ2v) is 8.19. The van der Waals surface area contributed by atoms with Gasteiger partial charge in [-0.15, -0.1) is 0 Å². The molecule has 158 valence electrons. The number of aromatic nitrogens is 4. The number of carbonyl (C=O) groups excluding carboxylic acids is 1. The molecule has 3 heterocycles. The van der Waals surface area contributed by atoms with Gasteiger partial charge in [-0.05, 0) is 37.0 Å². The zero-order valence-electron chi connectivity index (χ0n) is 17.0. The van der Waals surface area contributed by atoms with Gasteiger partial charge in [0.25, 0.3) is 0 Å². The predicted molar refractivity (Wildman–Crippen MR) is 122 cm³/mol. The van der Waals surface area contributed by atoms with Gasteiger partial charge in [-0.25, -0.2) is 15.0 Å². The Morgan fingerprint density at radius 3 is 2.77 bits per heavy atom. The molecule has 0 saturated heterocycles. The van der Waals surface area contributed by atoms with E-state index in [4.69, 9.17) is 10.7 Å². The highest BCUT2D eigenvalue weighted by molar-refractivity contribution is 5.82. The van der Waals surface area contributed by atoms with Crippen LogP contribution in [0.3, 0.4) is 0 Å². The Hall–Kier alpha value is -3.22. The Labute approximate surface area is 178 Å². The highest BCUT2D eigenvalue weighted by Crippen LogP contribution is 2.29. The van der Waals surface area contributed by atoms with Gasteiger partial charge < -0.3 is 15.6 Å². The zero-order chi connectivity index (χ0) is 20.5. The molecule has 1 aliphatic carbocycles. The number of imidazole rings is 1. The number of nitrogens with one attached hydrogen (secondary N) is 1. The molecular weight excluding hydrogens is 376 g/mol. The standard InChI is InChI=1S/C23H26N6O.2H2/c24-21-20(22-27-17-8-4-5-9-18(17)28-22)26-19(14-25-21)15-10-12-29(13-11-15)23(30)16-6-2-1-3-7-16;;/h4-5,8-10,14,16H,1-3,6-7,11-13H2,(H2,24,25)(H,27,28);2*1H. The van der Waals surface area contributed by atoms with E-state index in [9.17, 15) is 4.79 Å². The minimum atomic E-state index is 0. The lowest BCUT2D eigenvalue weighted by Gasteiger charge is -2.31. The minimum absolute atomic E-state index is 0. The summed E-state index contributed by atoms with van der Waals surface area (Å²) in [7, 11) is 0. The van der Waals surface area contributed by atoms with Gasteiger partial charge in [0.05, 0.1) is 22.9 Å². The number of nitrogens with zero attached hydrogens (tertiary/aromatic N) is 4. The monoisotopic (exact) mass is 406 g/mol. The van der Waals surface area contributed by atoms with Crippen molar-refractivity contribution in [3.8, 4) is 11.5 Å². The first kappa shape index (κ1) is 18.8. The van der Waals surface area contributed by atoms with Gasteiger partial charge in [0.15, 0.2) is 11.6 Å². The SMILES string of the molecule is Nc1ncc(C2=CCN(C(=O)C3CCCCC3)CC2)nc1-c1nc2ccccc2[nH]1.[HH].[HH]. The molecule has 0 atom stereocenters. The molecule has 1 aromatic carbocycles. The normalized spacial score (nSPS) is 17.9. The summed E-state index contributed by atoms with van der Waals surface area (Å²) in [5.74, 6) is 1.50. The van der Waals surface area contributed by atoms with Gasteiger partial charge in [0.1, 0.15) is 5.69 Å². The van der Waals surface area contributed by atoms with E-state index < -0.39 is 0 Å². The highest BCUT2D eigenvalue weighted by Gasteiger charge is 2.27. The fraction of sp³-hybridized carbons (Fsp3) is 0.391. The third-order valence-corrected chi connectivity index (χ3v) is 6.22. The van der Waals surface area contributed by atoms with Crippen LogP contribution < -0.4 is 5.73 Å². The van der Waals surface area contributed by atoms with Crippen LogP contribution in [0.2, 0.25) is 0 Å². The van der Waals surface area contributed by atoms with Gasteiger partial charge in [-0.3, -0.25) is 4.79 Å². The minimum Gasteiger partial charge on any atom is -0.382 e. The Morgan fingerprint density at radius 2 is 2.00 bits per heavy atom. The van der Waals surface area contributed by atoms with Gasteiger partial charge in [0.2, 0.25) is 5.91 Å². The van der Waals surface area contributed by atoms with E-state index in [1.54, 1.807) is 6.20 Å². The second kappa shape index (κ2) is 7.89. The topological polar surface area (TPSA) is 101 Å². The van der Waals surface area contributed by atoms with Crippen molar-refractivity contribution in [3.63, 3.8) is 0 Å². The molecule has 3 N–H and O–H groups in total. The number of hydrogen-bond donors (Lipinski definition) is 2. The van der Waals surface area contributed by atoms with Crippen LogP contribution in [-0.4, -0.2) is 43.8 Å². The Balaban J connectivity index is 0.00000144. The number of anilines is 1. The molecule has 0 radical (unpaired) electrons. The number of para-hydroxylation sites is 2. The van der Waals surface area contributed by atoms with E-state index in [1.165, 1.54) is 19.3 Å². The summed E-state index contributed by atoms with van der Waals surface area (Å²) in [4.78, 5) is 31.8. The number of fused-ring (bicyclic) bond motifs is 1. The molecule has 2 aliphatic rings. The first-order chi connectivity index (χ1) is 14.7. The van der Waals surface area contributed by atoms with Crippen LogP contribution in [-0.2, 0) is 4.79 Å². The average Bonchev–Trinajstić information content (AvgIpc) is 3.24. The first-order valence-corrected chi connectivity index (χ1v) is 10.7. The summed E-state index contributed by atoms with van der Waals surface area (Å²) in [5, 5.41) is 0. The molecule has 30 heavy (non-hydrogen) atoms. The number of carbonyl (C=O) groups is 1. The van der Waals surface area contributed by atoms with Crippen molar-refractivity contribution in [2.45, 2.75) is 38.5 Å². The Morgan fingerprint density at radius 1 is 1.17 bits per heavy atom. The smallest absolute Gasteiger partial charge is 0.225 e. The molecule has 3 aromatic rings. The maximum absolute atomic E-state index is 12.8. The average molecular weight is 407 g/mol. The Bertz CT molecular complexity index is 1090. The van der Waals surface area contributed by atoms with Gasteiger partial charge in [-0.1, -0.05) is 37.5 Å². The van der Waals surface area contributed by atoms with Crippen LogP contribution in [0.5, 0.6) is 0 Å². The van der Waals surface area contributed by atoms with E-state index in [2.05, 4.69) is 21.0 Å². The number of aromatic amines is 1. The van der Waals surface area contributed by atoms with Crippen LogP contribution in [0.1, 0.15) is 47.1 Å². The summed E-state index contributed by atoms with van der Waals surface area (Å²) in [6.45, 7) is 1.36. The van der Waals surface area contributed by atoms with Crippen LogP contribution in [0.15, 0.2) is 36.5 Å². The number of rotatable bonds is 3. The lowest BCUT2D eigenvalue weighted by Crippen LogP contribution is -2.39. The summed E-state index contributed by atoms with van der Waals surface area (Å²) in [6, 6.07) is 7.83. The summed E-state index contributed by atoms with van der Waals surface area (Å²) in [6.07, 6.45) is 10.3. The first-order valence-electron chi connectivity index (χ1n) is 10.7. The third-order valence-electron chi connectivity index (χ3n) is 6.22. The number of hydrogen-bond acceptors (Lipinski definition) is 5. The van der Waals surface area contributed by atoms with Crippen molar-refractivity contribution >= 4 is 28.3 Å². The quantitative estimate of drug-likeness (QED) is 0.676. The highest BCUT2D eigenvalue weighted by atomic mass is 16.2. The second-order valence-electron chi connectivity index (χ2n) is 8.19. The summed E-state index contributed by atoms with van der Waals surface area (Å²) in [5.41, 5.74) is 10.4. The molecule has 1 aliphatic heterocycles. The number of amides is 1. The summed E-state index contributed by atoms with van der Waals surface area (Å²) < 4.78 is 0. The van der Waals surface area contributed by atoms with Gasteiger partial charge >= 0.3 is 0 Å². The molecule has 7 nitrogen and oxygen atoms in total. The predicted octanol–water partition coefficient (Wildman–Crippen LogP) is 4.29. The molecule has 0 spiro atoms. The lowest BCUT2D eigenvalue weighted by molar-refractivity contribution is -0.136. The molecule has 1 saturated carbocycles. The van der Waals surface area contributed by atoms with Crippen molar-refractivity contribution in [2.24, 2.45) is 5.92 Å². The number of H-pyrrole nitrogens is 1. The molecule has 7 heteroatoms. The fourth-order valence-electron chi connectivity index (χ4n) is 4.50. The third kappa shape index (κ3) is 3.56. The van der Waals surface area contributed by atoms with E-state index in [1.807, 2.05) is 29.2 Å². The molecule has 1 fully saturated rings.